The summed E-state index contributed by atoms with van der Waals surface area (Å²) in [5.74, 6) is -0.901. The Kier molecular flexibility index (Phi) is 6.28. The molecule has 0 saturated carbocycles. The number of carbonyl (C=O) groups is 4. The predicted octanol–water partition coefficient (Wildman–Crippen LogP) is 1.66. The monoisotopic (exact) mass is 387 g/mol. The average molecular weight is 387 g/mol. The number of rotatable bonds is 6. The minimum atomic E-state index is -0.284. The van der Waals surface area contributed by atoms with Gasteiger partial charge in [0.2, 0.25) is 0 Å². The van der Waals surface area contributed by atoms with E-state index in [9.17, 15) is 19.2 Å². The highest BCUT2D eigenvalue weighted by atomic mass is 16.5. The second-order valence-corrected chi connectivity index (χ2v) is 6.91. The van der Waals surface area contributed by atoms with Crippen LogP contribution in [0.5, 0.6) is 0 Å². The standard InChI is InChI=1S/C20H25N3O5/c1-2-28-19(26)14-8-12-22(13-9-14)20(27)21-10-5-11-23-17(24)15-6-3-4-7-16(15)18(23)25/h3-4,6-7,14H,2,5,8-13H2,1H3,(H,21,27). The number of fused-ring (bicyclic) bond motifs is 1. The number of benzene rings is 1. The molecule has 2 heterocycles. The average Bonchev–Trinajstić information content (AvgIpc) is 2.96. The van der Waals surface area contributed by atoms with Gasteiger partial charge in [-0.2, -0.15) is 0 Å². The van der Waals surface area contributed by atoms with Crippen molar-refractivity contribution < 1.29 is 23.9 Å². The topological polar surface area (TPSA) is 96.0 Å². The summed E-state index contributed by atoms with van der Waals surface area (Å²) in [6.07, 6.45) is 1.68. The van der Waals surface area contributed by atoms with Gasteiger partial charge in [0, 0.05) is 26.2 Å². The number of likely N-dealkylation sites (tertiary alicyclic amines) is 1. The summed E-state index contributed by atoms with van der Waals surface area (Å²) in [5.41, 5.74) is 0.863. The third-order valence-electron chi connectivity index (χ3n) is 5.12. The number of hydrogen-bond acceptors (Lipinski definition) is 5. The lowest BCUT2D eigenvalue weighted by molar-refractivity contribution is -0.149. The summed E-state index contributed by atoms with van der Waals surface area (Å²) in [6.45, 7) is 3.79. The number of urea groups is 1. The van der Waals surface area contributed by atoms with Gasteiger partial charge in [0.15, 0.2) is 0 Å². The maximum atomic E-state index is 12.3. The van der Waals surface area contributed by atoms with Crippen molar-refractivity contribution in [1.29, 1.82) is 0 Å². The maximum Gasteiger partial charge on any atom is 0.317 e. The summed E-state index contributed by atoms with van der Waals surface area (Å²) in [4.78, 5) is 51.5. The van der Waals surface area contributed by atoms with E-state index < -0.39 is 0 Å². The molecule has 1 aromatic rings. The van der Waals surface area contributed by atoms with Crippen LogP contribution in [-0.4, -0.2) is 66.4 Å². The molecule has 0 unspecified atom stereocenters. The Morgan fingerprint density at radius 1 is 1.11 bits per heavy atom. The number of hydrogen-bond donors (Lipinski definition) is 1. The van der Waals surface area contributed by atoms with Crippen LogP contribution in [0.25, 0.3) is 0 Å². The Labute approximate surface area is 163 Å². The zero-order chi connectivity index (χ0) is 20.1. The third-order valence-corrected chi connectivity index (χ3v) is 5.12. The summed E-state index contributed by atoms with van der Waals surface area (Å²) in [6, 6.07) is 6.58. The molecule has 0 aromatic heterocycles. The molecule has 1 aromatic carbocycles. The van der Waals surface area contributed by atoms with E-state index in [-0.39, 0.29) is 36.3 Å². The molecular weight excluding hydrogens is 362 g/mol. The Balaban J connectivity index is 1.38. The van der Waals surface area contributed by atoms with Crippen LogP contribution in [0.2, 0.25) is 0 Å². The highest BCUT2D eigenvalue weighted by Gasteiger charge is 2.34. The van der Waals surface area contributed by atoms with Gasteiger partial charge in [0.1, 0.15) is 0 Å². The molecule has 3 rings (SSSR count). The number of amides is 4. The largest absolute Gasteiger partial charge is 0.466 e. The van der Waals surface area contributed by atoms with Crippen molar-refractivity contribution >= 4 is 23.8 Å². The summed E-state index contributed by atoms with van der Waals surface area (Å²) in [7, 11) is 0. The molecule has 0 atom stereocenters. The molecule has 8 nitrogen and oxygen atoms in total. The molecule has 150 valence electrons. The number of nitrogens with zero attached hydrogens (tertiary/aromatic N) is 2. The molecule has 0 radical (unpaired) electrons. The third kappa shape index (κ3) is 4.16. The van der Waals surface area contributed by atoms with E-state index in [1.807, 2.05) is 0 Å². The molecule has 0 spiro atoms. The number of carbonyl (C=O) groups excluding carboxylic acids is 4. The van der Waals surface area contributed by atoms with Crippen molar-refractivity contribution in [3.8, 4) is 0 Å². The first-order valence-electron chi connectivity index (χ1n) is 9.67. The molecule has 28 heavy (non-hydrogen) atoms. The molecule has 2 aliphatic heterocycles. The van der Waals surface area contributed by atoms with Crippen LogP contribution in [0.4, 0.5) is 4.79 Å². The number of imide groups is 1. The van der Waals surface area contributed by atoms with Crippen molar-refractivity contribution in [3.63, 3.8) is 0 Å². The van der Waals surface area contributed by atoms with Crippen molar-refractivity contribution in [1.82, 2.24) is 15.1 Å². The molecular formula is C20H25N3O5. The van der Waals surface area contributed by atoms with Crippen molar-refractivity contribution in [2.75, 3.05) is 32.8 Å². The van der Waals surface area contributed by atoms with Gasteiger partial charge in [-0.15, -0.1) is 0 Å². The first kappa shape index (κ1) is 19.9. The SMILES string of the molecule is CCOC(=O)C1CCN(C(=O)NCCCN2C(=O)c3ccccc3C2=O)CC1. The van der Waals surface area contributed by atoms with E-state index in [0.717, 1.165) is 0 Å². The zero-order valence-electron chi connectivity index (χ0n) is 16.0. The van der Waals surface area contributed by atoms with Crippen LogP contribution < -0.4 is 5.32 Å². The molecule has 0 bridgehead atoms. The summed E-state index contributed by atoms with van der Waals surface area (Å²) >= 11 is 0. The summed E-state index contributed by atoms with van der Waals surface area (Å²) < 4.78 is 5.03. The first-order valence-corrected chi connectivity index (χ1v) is 9.67. The van der Waals surface area contributed by atoms with Gasteiger partial charge in [0.25, 0.3) is 11.8 Å². The van der Waals surface area contributed by atoms with E-state index in [0.29, 0.717) is 56.6 Å². The minimum Gasteiger partial charge on any atom is -0.466 e. The van der Waals surface area contributed by atoms with Crippen LogP contribution in [0, 0.1) is 5.92 Å². The molecule has 0 aliphatic carbocycles. The van der Waals surface area contributed by atoms with Crippen molar-refractivity contribution in [3.05, 3.63) is 35.4 Å². The number of ether oxygens (including phenoxy) is 1. The van der Waals surface area contributed by atoms with E-state index in [2.05, 4.69) is 5.32 Å². The Bertz CT molecular complexity index is 736. The second-order valence-electron chi connectivity index (χ2n) is 6.91. The highest BCUT2D eigenvalue weighted by Crippen LogP contribution is 2.22. The molecule has 1 N–H and O–H groups in total. The van der Waals surface area contributed by atoms with Gasteiger partial charge in [-0.1, -0.05) is 12.1 Å². The van der Waals surface area contributed by atoms with E-state index >= 15 is 0 Å². The molecule has 1 fully saturated rings. The van der Waals surface area contributed by atoms with Gasteiger partial charge in [-0.25, -0.2) is 4.79 Å². The molecule has 8 heteroatoms. The lowest BCUT2D eigenvalue weighted by Gasteiger charge is -2.31. The molecule has 4 amide bonds. The maximum absolute atomic E-state index is 12.3. The Morgan fingerprint density at radius 2 is 1.71 bits per heavy atom. The van der Waals surface area contributed by atoms with Gasteiger partial charge in [-0.05, 0) is 38.3 Å². The number of nitrogens with one attached hydrogen (secondary N) is 1. The lowest BCUT2D eigenvalue weighted by Crippen LogP contribution is -2.46. The Morgan fingerprint density at radius 3 is 2.29 bits per heavy atom. The summed E-state index contributed by atoms with van der Waals surface area (Å²) in [5, 5.41) is 2.82. The van der Waals surface area contributed by atoms with Crippen LogP contribution in [0.15, 0.2) is 24.3 Å². The first-order chi connectivity index (χ1) is 13.5. The van der Waals surface area contributed by atoms with Crippen molar-refractivity contribution in [2.45, 2.75) is 26.2 Å². The van der Waals surface area contributed by atoms with E-state index in [4.69, 9.17) is 4.74 Å². The van der Waals surface area contributed by atoms with E-state index in [1.54, 1.807) is 36.1 Å². The second kappa shape index (κ2) is 8.86. The molecule has 1 saturated heterocycles. The number of piperidine rings is 1. The fraction of sp³-hybridized carbons (Fsp3) is 0.500. The smallest absolute Gasteiger partial charge is 0.317 e. The van der Waals surface area contributed by atoms with E-state index in [1.165, 1.54) is 4.90 Å². The van der Waals surface area contributed by atoms with Crippen LogP contribution in [0.1, 0.15) is 46.9 Å². The fourth-order valence-corrected chi connectivity index (χ4v) is 3.56. The van der Waals surface area contributed by atoms with Crippen molar-refractivity contribution in [2.24, 2.45) is 5.92 Å². The van der Waals surface area contributed by atoms with Crippen LogP contribution >= 0.6 is 0 Å². The fourth-order valence-electron chi connectivity index (χ4n) is 3.56. The zero-order valence-corrected chi connectivity index (χ0v) is 16.0. The van der Waals surface area contributed by atoms with Gasteiger partial charge < -0.3 is 15.0 Å². The molecule has 2 aliphatic rings. The lowest BCUT2D eigenvalue weighted by atomic mass is 9.97. The highest BCUT2D eigenvalue weighted by molar-refractivity contribution is 6.21. The van der Waals surface area contributed by atoms with Gasteiger partial charge in [0.05, 0.1) is 23.7 Å². The minimum absolute atomic E-state index is 0.141. The van der Waals surface area contributed by atoms with Crippen LogP contribution in [0.3, 0.4) is 0 Å². The van der Waals surface area contributed by atoms with Gasteiger partial charge in [-0.3, -0.25) is 19.3 Å². The quantitative estimate of drug-likeness (QED) is 0.455. The normalized spacial score (nSPS) is 16.9. The van der Waals surface area contributed by atoms with Crippen LogP contribution in [-0.2, 0) is 9.53 Å². The predicted molar refractivity (Wildman–Crippen MR) is 101 cm³/mol. The van der Waals surface area contributed by atoms with Gasteiger partial charge >= 0.3 is 12.0 Å². The Hall–Kier alpha value is -2.90. The number of esters is 1.